The van der Waals surface area contributed by atoms with Crippen molar-refractivity contribution < 1.29 is 24.2 Å². The number of nitrogens with one attached hydrogen (secondary N) is 1. The minimum Gasteiger partial charge on any atom is -0.507 e. The van der Waals surface area contributed by atoms with E-state index in [0.717, 1.165) is 11.1 Å². The van der Waals surface area contributed by atoms with Gasteiger partial charge < -0.3 is 19.9 Å². The third-order valence-corrected chi connectivity index (χ3v) is 7.63. The molecule has 3 aromatic carbocycles. The average Bonchev–Trinajstić information content (AvgIpc) is 3.32. The molecule has 5 rings (SSSR count). The van der Waals surface area contributed by atoms with Gasteiger partial charge in [0.15, 0.2) is 5.76 Å². The Hall–Kier alpha value is -4.17. The largest absolute Gasteiger partial charge is 0.507 e. The molecule has 7 nitrogen and oxygen atoms in total. The number of nitrogens with zero attached hydrogens (tertiary/aromatic N) is 1. The highest BCUT2D eigenvalue weighted by Crippen LogP contribution is 2.40. The summed E-state index contributed by atoms with van der Waals surface area (Å²) in [6.07, 6.45) is -1.08. The first-order valence-corrected chi connectivity index (χ1v) is 14.5. The van der Waals surface area contributed by atoms with E-state index >= 15 is 0 Å². The highest BCUT2D eigenvalue weighted by molar-refractivity contribution is 6.33. The van der Waals surface area contributed by atoms with E-state index in [4.69, 9.17) is 32.6 Å². The van der Waals surface area contributed by atoms with E-state index in [1.807, 2.05) is 36.4 Å². The minimum absolute atomic E-state index is 0.00160. The summed E-state index contributed by atoms with van der Waals surface area (Å²) in [7, 11) is 0. The third kappa shape index (κ3) is 6.44. The molecule has 1 amide bonds. The number of phenols is 1. The van der Waals surface area contributed by atoms with Gasteiger partial charge in [0.2, 0.25) is 11.5 Å². The van der Waals surface area contributed by atoms with Crippen LogP contribution in [0.4, 0.5) is 0 Å². The number of benzene rings is 3. The molecule has 43 heavy (non-hydrogen) atoms. The van der Waals surface area contributed by atoms with Gasteiger partial charge in [0.1, 0.15) is 5.75 Å². The number of pyridine rings is 1. The second-order valence-electron chi connectivity index (χ2n) is 11.3. The van der Waals surface area contributed by atoms with Crippen molar-refractivity contribution in [1.82, 2.24) is 10.3 Å². The number of aromatic nitrogens is 1. The summed E-state index contributed by atoms with van der Waals surface area (Å²) in [4.78, 5) is 31.1. The van der Waals surface area contributed by atoms with Crippen LogP contribution in [0.3, 0.4) is 0 Å². The Morgan fingerprint density at radius 2 is 1.63 bits per heavy atom. The number of ketones is 1. The van der Waals surface area contributed by atoms with Gasteiger partial charge in [0.25, 0.3) is 5.91 Å². The normalized spacial score (nSPS) is 12.3. The van der Waals surface area contributed by atoms with Crippen LogP contribution in [-0.2, 0) is 6.42 Å². The summed E-state index contributed by atoms with van der Waals surface area (Å²) in [5.41, 5.74) is 2.81. The SMILES string of the molecule is CC(C)(C)C(=O)c1oc2nc(-c3ccccc3Cl)c(-c3ccc(Cl)cc3)cc2c1CC(O)CNC(=O)c1ccccc1O. The Bertz CT molecular complexity index is 1820. The lowest BCUT2D eigenvalue weighted by atomic mass is 9.87. The Balaban J connectivity index is 1.61. The van der Waals surface area contributed by atoms with Crippen molar-refractivity contribution >= 4 is 46.0 Å². The zero-order valence-electron chi connectivity index (χ0n) is 23.8. The van der Waals surface area contributed by atoms with Crippen molar-refractivity contribution in [1.29, 1.82) is 0 Å². The highest BCUT2D eigenvalue weighted by atomic mass is 35.5. The lowest BCUT2D eigenvalue weighted by Gasteiger charge is -2.17. The molecule has 0 spiro atoms. The van der Waals surface area contributed by atoms with Crippen LogP contribution in [0.25, 0.3) is 33.5 Å². The number of phenolic OH excluding ortho intramolecular Hbond substituents is 1. The number of Topliss-reactive ketones (excluding diaryl/α,β-unsaturated/α-hetero) is 1. The van der Waals surface area contributed by atoms with E-state index in [0.29, 0.717) is 32.3 Å². The molecule has 3 N–H and O–H groups in total. The molecule has 0 aliphatic carbocycles. The molecule has 0 saturated heterocycles. The van der Waals surface area contributed by atoms with Gasteiger partial charge in [0, 0.05) is 50.5 Å². The highest BCUT2D eigenvalue weighted by Gasteiger charge is 2.32. The zero-order valence-corrected chi connectivity index (χ0v) is 25.3. The monoisotopic (exact) mass is 616 g/mol. The van der Waals surface area contributed by atoms with Crippen LogP contribution in [0.2, 0.25) is 10.0 Å². The zero-order chi connectivity index (χ0) is 30.9. The predicted molar refractivity (Wildman–Crippen MR) is 169 cm³/mol. The van der Waals surface area contributed by atoms with Crippen LogP contribution in [-0.4, -0.2) is 39.5 Å². The van der Waals surface area contributed by atoms with Gasteiger partial charge in [-0.05, 0) is 42.0 Å². The van der Waals surface area contributed by atoms with E-state index in [1.54, 1.807) is 51.1 Å². The van der Waals surface area contributed by atoms with Crippen LogP contribution in [0.1, 0.15) is 47.2 Å². The van der Waals surface area contributed by atoms with Crippen LogP contribution < -0.4 is 5.32 Å². The van der Waals surface area contributed by atoms with Crippen LogP contribution in [0, 0.1) is 5.41 Å². The fourth-order valence-corrected chi connectivity index (χ4v) is 5.14. The second-order valence-corrected chi connectivity index (χ2v) is 12.1. The molecule has 1 atom stereocenters. The lowest BCUT2D eigenvalue weighted by molar-refractivity contribution is 0.0825. The first kappa shape index (κ1) is 30.3. The standard InChI is InChI=1S/C34H30Cl2N2O5/c1-34(2,3)31(41)30-25(16-21(39)18-37-32(42)23-9-5-7-11-28(23)40)26-17-24(19-12-14-20(35)15-13-19)29(38-33(26)43-30)22-8-4-6-10-27(22)36/h4-15,17,21,39-40H,16,18H2,1-3H3,(H,37,42). The molecular weight excluding hydrogens is 587 g/mol. The van der Waals surface area contributed by atoms with Crippen LogP contribution in [0.5, 0.6) is 5.75 Å². The first-order chi connectivity index (χ1) is 20.4. The maximum absolute atomic E-state index is 13.6. The fourth-order valence-electron chi connectivity index (χ4n) is 4.78. The van der Waals surface area contributed by atoms with E-state index in [9.17, 15) is 19.8 Å². The molecule has 220 valence electrons. The average molecular weight is 618 g/mol. The smallest absolute Gasteiger partial charge is 0.255 e. The van der Waals surface area contributed by atoms with Gasteiger partial charge in [-0.2, -0.15) is 0 Å². The molecule has 2 heterocycles. The Labute approximate surface area is 259 Å². The summed E-state index contributed by atoms with van der Waals surface area (Å²) in [6.45, 7) is 5.24. The van der Waals surface area contributed by atoms with E-state index < -0.39 is 17.4 Å². The Morgan fingerprint density at radius 3 is 2.30 bits per heavy atom. The maximum atomic E-state index is 13.6. The van der Waals surface area contributed by atoms with Gasteiger partial charge in [-0.3, -0.25) is 9.59 Å². The maximum Gasteiger partial charge on any atom is 0.255 e. The van der Waals surface area contributed by atoms with Crippen molar-refractivity contribution in [3.05, 3.63) is 106 Å². The number of halogens is 2. The molecule has 2 aromatic heterocycles. The van der Waals surface area contributed by atoms with Gasteiger partial charge in [-0.25, -0.2) is 4.98 Å². The number of aromatic hydroxyl groups is 1. The molecule has 0 aliphatic rings. The molecule has 0 aliphatic heterocycles. The number of rotatable bonds is 8. The quantitative estimate of drug-likeness (QED) is 0.154. The molecule has 1 unspecified atom stereocenters. The predicted octanol–water partition coefficient (Wildman–Crippen LogP) is 7.74. The molecule has 0 bridgehead atoms. The molecule has 0 saturated carbocycles. The molecule has 0 radical (unpaired) electrons. The van der Waals surface area contributed by atoms with E-state index in [1.165, 1.54) is 12.1 Å². The number of aliphatic hydroxyl groups excluding tert-OH is 1. The second kappa shape index (κ2) is 12.2. The van der Waals surface area contributed by atoms with E-state index in [2.05, 4.69) is 5.32 Å². The van der Waals surface area contributed by atoms with Gasteiger partial charge in [0.05, 0.1) is 17.4 Å². The molecular formula is C34H30Cl2N2O5. The Kier molecular flexibility index (Phi) is 8.60. The number of amides is 1. The summed E-state index contributed by atoms with van der Waals surface area (Å²) in [5.74, 6) is -0.850. The van der Waals surface area contributed by atoms with Crippen molar-refractivity contribution in [2.75, 3.05) is 6.54 Å². The number of carbonyl (C=O) groups excluding carboxylic acids is 2. The summed E-state index contributed by atoms with van der Waals surface area (Å²) in [6, 6.07) is 22.7. The first-order valence-electron chi connectivity index (χ1n) is 13.7. The third-order valence-electron chi connectivity index (χ3n) is 7.04. The summed E-state index contributed by atoms with van der Waals surface area (Å²) >= 11 is 12.8. The van der Waals surface area contributed by atoms with E-state index in [-0.39, 0.29) is 41.5 Å². The lowest BCUT2D eigenvalue weighted by Crippen LogP contribution is -2.33. The number of fused-ring (bicyclic) bond motifs is 1. The fraction of sp³-hybridized carbons (Fsp3) is 0.206. The van der Waals surface area contributed by atoms with Gasteiger partial charge in [-0.15, -0.1) is 0 Å². The number of hydrogen-bond acceptors (Lipinski definition) is 6. The number of hydrogen-bond donors (Lipinski definition) is 3. The molecule has 0 fully saturated rings. The summed E-state index contributed by atoms with van der Waals surface area (Å²) < 4.78 is 6.15. The Morgan fingerprint density at radius 1 is 0.953 bits per heavy atom. The minimum atomic E-state index is -1.08. The molecule has 9 heteroatoms. The van der Waals surface area contributed by atoms with Crippen LogP contribution in [0.15, 0.2) is 83.3 Å². The number of para-hydroxylation sites is 1. The topological polar surface area (TPSA) is 113 Å². The van der Waals surface area contributed by atoms with Crippen molar-refractivity contribution in [2.24, 2.45) is 5.41 Å². The number of aliphatic hydroxyl groups is 1. The van der Waals surface area contributed by atoms with Crippen molar-refractivity contribution in [3.8, 4) is 28.1 Å². The number of carbonyl (C=O) groups is 2. The van der Waals surface area contributed by atoms with Crippen LogP contribution >= 0.6 is 23.2 Å². The molecule has 5 aromatic rings. The van der Waals surface area contributed by atoms with Gasteiger partial charge >= 0.3 is 0 Å². The van der Waals surface area contributed by atoms with Crippen molar-refractivity contribution in [2.45, 2.75) is 33.3 Å². The number of furan rings is 1. The van der Waals surface area contributed by atoms with Gasteiger partial charge in [-0.1, -0.05) is 86.4 Å². The van der Waals surface area contributed by atoms with Crippen molar-refractivity contribution in [3.63, 3.8) is 0 Å². The summed E-state index contributed by atoms with van der Waals surface area (Å²) in [5, 5.41) is 25.3.